The number of halogens is 1. The van der Waals surface area contributed by atoms with E-state index in [2.05, 4.69) is 4.90 Å². The quantitative estimate of drug-likeness (QED) is 0.831. The molecule has 0 bridgehead atoms. The van der Waals surface area contributed by atoms with Crippen LogP contribution in [0.3, 0.4) is 0 Å². The number of nitrogens with zero attached hydrogens (tertiary/aromatic N) is 1. The van der Waals surface area contributed by atoms with Gasteiger partial charge in [-0.25, -0.2) is 4.39 Å². The standard InChI is InChI=1S/C19H29FN2/c20-17-9-7-15(8-10-17)4-3-13-22(18-11-12-18)14-16-5-1-2-6-19(16)21/h7-10,16,18-19H,1-6,11-14,21H2/t16-,19+/m0/s1. The molecule has 0 amide bonds. The Morgan fingerprint density at radius 1 is 1.05 bits per heavy atom. The highest BCUT2D eigenvalue weighted by Crippen LogP contribution is 2.31. The van der Waals surface area contributed by atoms with E-state index in [4.69, 9.17) is 5.73 Å². The van der Waals surface area contributed by atoms with Gasteiger partial charge < -0.3 is 10.6 Å². The molecule has 2 atom stereocenters. The predicted molar refractivity (Wildman–Crippen MR) is 89.2 cm³/mol. The number of benzene rings is 1. The summed E-state index contributed by atoms with van der Waals surface area (Å²) in [6.07, 6.45) is 10.1. The topological polar surface area (TPSA) is 29.3 Å². The summed E-state index contributed by atoms with van der Waals surface area (Å²) in [4.78, 5) is 2.68. The van der Waals surface area contributed by atoms with Gasteiger partial charge in [-0.05, 0) is 68.7 Å². The minimum absolute atomic E-state index is 0.144. The number of nitrogens with two attached hydrogens (primary N) is 1. The van der Waals surface area contributed by atoms with Crippen molar-refractivity contribution in [2.24, 2.45) is 11.7 Å². The van der Waals surface area contributed by atoms with E-state index in [1.54, 1.807) is 12.1 Å². The fourth-order valence-corrected chi connectivity index (χ4v) is 3.76. The zero-order chi connectivity index (χ0) is 15.4. The van der Waals surface area contributed by atoms with Gasteiger partial charge in [-0.3, -0.25) is 0 Å². The molecule has 0 spiro atoms. The number of rotatable bonds is 7. The summed E-state index contributed by atoms with van der Waals surface area (Å²) >= 11 is 0. The van der Waals surface area contributed by atoms with Crippen LogP contribution in [0.2, 0.25) is 0 Å². The van der Waals surface area contributed by atoms with E-state index in [9.17, 15) is 4.39 Å². The molecule has 122 valence electrons. The summed E-state index contributed by atoms with van der Waals surface area (Å²) in [6, 6.07) is 8.17. The van der Waals surface area contributed by atoms with Gasteiger partial charge in [0.1, 0.15) is 5.82 Å². The fourth-order valence-electron chi connectivity index (χ4n) is 3.76. The third-order valence-electron chi connectivity index (χ3n) is 5.32. The molecule has 0 heterocycles. The number of hydrogen-bond acceptors (Lipinski definition) is 2. The first-order chi connectivity index (χ1) is 10.7. The lowest BCUT2D eigenvalue weighted by molar-refractivity contribution is 0.175. The van der Waals surface area contributed by atoms with Crippen molar-refractivity contribution in [3.05, 3.63) is 35.6 Å². The lowest BCUT2D eigenvalue weighted by Crippen LogP contribution is -2.42. The molecule has 2 N–H and O–H groups in total. The van der Waals surface area contributed by atoms with E-state index < -0.39 is 0 Å². The maximum atomic E-state index is 12.9. The smallest absolute Gasteiger partial charge is 0.123 e. The average molecular weight is 304 g/mol. The van der Waals surface area contributed by atoms with E-state index in [0.717, 1.165) is 25.4 Å². The molecule has 0 aliphatic heterocycles. The first-order valence-corrected chi connectivity index (χ1v) is 8.96. The van der Waals surface area contributed by atoms with Crippen LogP contribution in [-0.4, -0.2) is 30.1 Å². The van der Waals surface area contributed by atoms with Crippen LogP contribution >= 0.6 is 0 Å². The summed E-state index contributed by atoms with van der Waals surface area (Å²) in [6.45, 7) is 2.35. The Balaban J connectivity index is 1.46. The van der Waals surface area contributed by atoms with Gasteiger partial charge >= 0.3 is 0 Å². The molecule has 2 nitrogen and oxygen atoms in total. The van der Waals surface area contributed by atoms with Crippen LogP contribution in [0.5, 0.6) is 0 Å². The molecular weight excluding hydrogens is 275 g/mol. The summed E-state index contributed by atoms with van der Waals surface area (Å²) in [5.41, 5.74) is 7.56. The fraction of sp³-hybridized carbons (Fsp3) is 0.684. The van der Waals surface area contributed by atoms with E-state index in [-0.39, 0.29) is 5.82 Å². The van der Waals surface area contributed by atoms with Crippen molar-refractivity contribution in [2.75, 3.05) is 13.1 Å². The first-order valence-electron chi connectivity index (χ1n) is 8.96. The van der Waals surface area contributed by atoms with Gasteiger partial charge in [0.15, 0.2) is 0 Å². The van der Waals surface area contributed by atoms with E-state index >= 15 is 0 Å². The third kappa shape index (κ3) is 4.53. The largest absolute Gasteiger partial charge is 0.327 e. The molecule has 1 aromatic carbocycles. The van der Waals surface area contributed by atoms with Crippen molar-refractivity contribution >= 4 is 0 Å². The maximum absolute atomic E-state index is 12.9. The van der Waals surface area contributed by atoms with Gasteiger partial charge in [0, 0.05) is 18.6 Å². The molecule has 2 fully saturated rings. The summed E-state index contributed by atoms with van der Waals surface area (Å²) in [5, 5.41) is 0. The normalized spacial score (nSPS) is 25.6. The Labute approximate surface area is 133 Å². The van der Waals surface area contributed by atoms with Crippen molar-refractivity contribution < 1.29 is 4.39 Å². The van der Waals surface area contributed by atoms with E-state index in [1.807, 2.05) is 12.1 Å². The Hall–Kier alpha value is -0.930. The SMILES string of the molecule is N[C@@H]1CCCC[C@H]1CN(CCCc1ccc(F)cc1)C1CC1. The molecule has 3 heteroatoms. The average Bonchev–Trinajstić information content (AvgIpc) is 3.35. The molecule has 3 rings (SSSR count). The second-order valence-corrected chi connectivity index (χ2v) is 7.16. The first kappa shape index (κ1) is 15.9. The zero-order valence-corrected chi connectivity index (χ0v) is 13.5. The Morgan fingerprint density at radius 3 is 2.45 bits per heavy atom. The second-order valence-electron chi connectivity index (χ2n) is 7.16. The Morgan fingerprint density at radius 2 is 1.77 bits per heavy atom. The van der Waals surface area contributed by atoms with Crippen LogP contribution in [0.4, 0.5) is 4.39 Å². The maximum Gasteiger partial charge on any atom is 0.123 e. The molecule has 1 aromatic rings. The van der Waals surface area contributed by atoms with Gasteiger partial charge in [-0.15, -0.1) is 0 Å². The monoisotopic (exact) mass is 304 g/mol. The lowest BCUT2D eigenvalue weighted by Gasteiger charge is -2.34. The molecule has 0 unspecified atom stereocenters. The van der Waals surface area contributed by atoms with Crippen molar-refractivity contribution in [2.45, 2.75) is 63.5 Å². The van der Waals surface area contributed by atoms with Gasteiger partial charge in [0.2, 0.25) is 0 Å². The molecule has 22 heavy (non-hydrogen) atoms. The highest BCUT2D eigenvalue weighted by molar-refractivity contribution is 5.16. The zero-order valence-electron chi connectivity index (χ0n) is 13.5. The lowest BCUT2D eigenvalue weighted by atomic mass is 9.84. The van der Waals surface area contributed by atoms with Gasteiger partial charge in [0.25, 0.3) is 0 Å². The predicted octanol–water partition coefficient (Wildman–Crippen LogP) is 3.74. The van der Waals surface area contributed by atoms with Crippen LogP contribution in [0.1, 0.15) is 50.5 Å². The second kappa shape index (κ2) is 7.56. The third-order valence-corrected chi connectivity index (χ3v) is 5.32. The highest BCUT2D eigenvalue weighted by Gasteiger charge is 2.32. The van der Waals surface area contributed by atoms with Crippen LogP contribution in [-0.2, 0) is 6.42 Å². The summed E-state index contributed by atoms with van der Waals surface area (Å²) in [5.74, 6) is 0.551. The molecule has 0 radical (unpaired) electrons. The van der Waals surface area contributed by atoms with Crippen molar-refractivity contribution in [3.63, 3.8) is 0 Å². The molecule has 2 saturated carbocycles. The number of aryl methyl sites for hydroxylation is 1. The van der Waals surface area contributed by atoms with Gasteiger partial charge in [-0.2, -0.15) is 0 Å². The van der Waals surface area contributed by atoms with Gasteiger partial charge in [-0.1, -0.05) is 25.0 Å². The van der Waals surface area contributed by atoms with E-state index in [1.165, 1.54) is 50.6 Å². The van der Waals surface area contributed by atoms with Crippen LogP contribution in [0.15, 0.2) is 24.3 Å². The molecule has 2 aliphatic carbocycles. The molecular formula is C19H29FN2. The van der Waals surface area contributed by atoms with Crippen molar-refractivity contribution in [1.82, 2.24) is 4.90 Å². The minimum atomic E-state index is -0.144. The summed E-state index contributed by atoms with van der Waals surface area (Å²) < 4.78 is 12.9. The highest BCUT2D eigenvalue weighted by atomic mass is 19.1. The van der Waals surface area contributed by atoms with Crippen LogP contribution in [0, 0.1) is 11.7 Å². The van der Waals surface area contributed by atoms with Crippen molar-refractivity contribution in [3.8, 4) is 0 Å². The molecule has 0 aromatic heterocycles. The number of hydrogen-bond donors (Lipinski definition) is 1. The minimum Gasteiger partial charge on any atom is -0.327 e. The van der Waals surface area contributed by atoms with Crippen LogP contribution < -0.4 is 5.73 Å². The van der Waals surface area contributed by atoms with Gasteiger partial charge in [0.05, 0.1) is 0 Å². The molecule has 0 saturated heterocycles. The Bertz CT molecular complexity index is 455. The van der Waals surface area contributed by atoms with Crippen molar-refractivity contribution in [1.29, 1.82) is 0 Å². The van der Waals surface area contributed by atoms with Crippen LogP contribution in [0.25, 0.3) is 0 Å². The molecule has 2 aliphatic rings. The van der Waals surface area contributed by atoms with E-state index in [0.29, 0.717) is 12.0 Å². The summed E-state index contributed by atoms with van der Waals surface area (Å²) in [7, 11) is 0. The Kier molecular flexibility index (Phi) is 5.48.